The van der Waals surface area contributed by atoms with Crippen LogP contribution in [0.5, 0.6) is 5.75 Å². The average Bonchev–Trinajstić information content (AvgIpc) is 2.57. The average molecular weight is 399 g/mol. The number of ketones is 1. The molecule has 0 aliphatic rings. The summed E-state index contributed by atoms with van der Waals surface area (Å²) in [6, 6.07) is 7.52. The van der Waals surface area contributed by atoms with Gasteiger partial charge in [0.2, 0.25) is 5.91 Å². The highest BCUT2D eigenvalue weighted by Crippen LogP contribution is 2.36. The molecule has 0 unspecified atom stereocenters. The van der Waals surface area contributed by atoms with Crippen LogP contribution in [-0.4, -0.2) is 36.3 Å². The van der Waals surface area contributed by atoms with E-state index >= 15 is 0 Å². The molecule has 0 saturated heterocycles. The van der Waals surface area contributed by atoms with Crippen LogP contribution in [0.2, 0.25) is 0 Å². The molecule has 0 heterocycles. The normalized spacial score (nSPS) is 11.1. The van der Waals surface area contributed by atoms with Gasteiger partial charge in [-0.1, -0.05) is 21.6 Å². The second kappa shape index (κ2) is 11.4. The van der Waals surface area contributed by atoms with Crippen LogP contribution in [-0.2, 0) is 9.59 Å². The molecule has 1 rings (SSSR count). The van der Waals surface area contributed by atoms with Gasteiger partial charge < -0.3 is 9.53 Å². The summed E-state index contributed by atoms with van der Waals surface area (Å²) in [5.41, 5.74) is 3.78. The molecule has 0 radical (unpaired) electrons. The molecule has 1 aromatic rings. The van der Waals surface area contributed by atoms with Gasteiger partial charge in [0.15, 0.2) is 0 Å². The fourth-order valence-corrected chi connectivity index (χ4v) is 4.51. The van der Waals surface area contributed by atoms with Crippen molar-refractivity contribution in [1.82, 2.24) is 5.43 Å². The molecule has 146 valence electrons. The first kappa shape index (κ1) is 22.7. The Hall–Kier alpha value is -1.34. The number of nitrogens with zero attached hydrogens (tertiary/aromatic N) is 1. The topological polar surface area (TPSA) is 58.6 Å². The molecule has 7 heteroatoms. The summed E-state index contributed by atoms with van der Waals surface area (Å²) in [4.78, 5) is 23.1. The molecule has 1 N–H and O–H groups in total. The maximum Gasteiger partial charge on any atom is 0.238 e. The van der Waals surface area contributed by atoms with Gasteiger partial charge in [0, 0.05) is 24.6 Å². The summed E-state index contributed by atoms with van der Waals surface area (Å²) >= 11 is 0. The first-order valence-electron chi connectivity index (χ1n) is 8.71. The number of carbonyl (C=O) groups is 2. The molecule has 0 atom stereocenters. The number of hydrazine groups is 1. The van der Waals surface area contributed by atoms with Crippen molar-refractivity contribution in [3.8, 4) is 5.75 Å². The molecule has 5 nitrogen and oxygen atoms in total. The molecule has 1 aromatic carbocycles. The lowest BCUT2D eigenvalue weighted by molar-refractivity contribution is -0.121. The predicted molar refractivity (Wildman–Crippen MR) is 113 cm³/mol. The Morgan fingerprint density at radius 2 is 1.85 bits per heavy atom. The van der Waals surface area contributed by atoms with Crippen LogP contribution in [0.3, 0.4) is 0 Å². The van der Waals surface area contributed by atoms with E-state index in [1.165, 1.54) is 0 Å². The molecule has 0 spiro atoms. The Labute approximate surface area is 165 Å². The lowest BCUT2D eigenvalue weighted by Crippen LogP contribution is -2.39. The standard InChI is InChI=1S/C19H30N2O3S2/c1-15(22)7-6-14-24-17-10-8-16(9-11-17)21(4)20-18(23)12-13-19(2,3)26-25-5/h8-11H,6-7,12-14H2,1-5H3,(H,20,23). The molecule has 0 fully saturated rings. The zero-order valence-corrected chi connectivity index (χ0v) is 18.0. The second-order valence-electron chi connectivity index (χ2n) is 6.75. The third-order valence-electron chi connectivity index (χ3n) is 3.72. The third-order valence-corrected chi connectivity index (χ3v) is 6.40. The fourth-order valence-electron chi connectivity index (χ4n) is 2.27. The van der Waals surface area contributed by atoms with Crippen molar-refractivity contribution in [2.24, 2.45) is 0 Å². The van der Waals surface area contributed by atoms with Gasteiger partial charge in [-0.2, -0.15) is 0 Å². The maximum atomic E-state index is 12.2. The lowest BCUT2D eigenvalue weighted by atomic mass is 10.1. The number of hydrogen-bond donors (Lipinski definition) is 1. The van der Waals surface area contributed by atoms with Crippen molar-refractivity contribution in [3.63, 3.8) is 0 Å². The zero-order valence-electron chi connectivity index (χ0n) is 16.3. The van der Waals surface area contributed by atoms with Gasteiger partial charge in [0.25, 0.3) is 0 Å². The number of amides is 1. The number of benzene rings is 1. The molecule has 1 amide bonds. The van der Waals surface area contributed by atoms with Crippen LogP contribution >= 0.6 is 21.6 Å². The van der Waals surface area contributed by atoms with Gasteiger partial charge in [-0.05, 0) is 64.1 Å². The van der Waals surface area contributed by atoms with E-state index in [2.05, 4.69) is 25.5 Å². The SMILES string of the molecule is CSSC(C)(C)CCC(=O)NN(C)c1ccc(OCCCC(C)=O)cc1. The summed E-state index contributed by atoms with van der Waals surface area (Å²) in [5.74, 6) is 0.941. The molecule has 0 bridgehead atoms. The summed E-state index contributed by atoms with van der Waals surface area (Å²) in [6.45, 7) is 6.41. The smallest absolute Gasteiger partial charge is 0.238 e. The number of hydrogen-bond acceptors (Lipinski definition) is 6. The van der Waals surface area contributed by atoms with Crippen molar-refractivity contribution >= 4 is 39.0 Å². The van der Waals surface area contributed by atoms with E-state index in [0.717, 1.165) is 24.3 Å². The van der Waals surface area contributed by atoms with Gasteiger partial charge in [0.1, 0.15) is 11.5 Å². The Morgan fingerprint density at radius 3 is 2.42 bits per heavy atom. The van der Waals surface area contributed by atoms with Gasteiger partial charge in [-0.3, -0.25) is 15.2 Å². The van der Waals surface area contributed by atoms with Crippen molar-refractivity contribution in [1.29, 1.82) is 0 Å². The summed E-state index contributed by atoms with van der Waals surface area (Å²) in [6.07, 6.45) is 4.63. The Kier molecular flexibility index (Phi) is 9.94. The Balaban J connectivity index is 2.41. The van der Waals surface area contributed by atoms with Crippen LogP contribution in [0.4, 0.5) is 5.69 Å². The number of Topliss-reactive ketones (excluding diaryl/α,β-unsaturated/α-hetero) is 1. The van der Waals surface area contributed by atoms with Crippen LogP contribution in [0.15, 0.2) is 24.3 Å². The van der Waals surface area contributed by atoms with E-state index < -0.39 is 0 Å². The summed E-state index contributed by atoms with van der Waals surface area (Å²) in [5, 5.41) is 1.72. The van der Waals surface area contributed by atoms with E-state index in [9.17, 15) is 9.59 Å². The van der Waals surface area contributed by atoms with E-state index in [1.54, 1.807) is 33.5 Å². The highest BCUT2D eigenvalue weighted by atomic mass is 33.1. The molecule has 0 aromatic heterocycles. The van der Waals surface area contributed by atoms with Gasteiger partial charge in [-0.15, -0.1) is 0 Å². The minimum Gasteiger partial charge on any atom is -0.494 e. The van der Waals surface area contributed by atoms with E-state index in [-0.39, 0.29) is 16.4 Å². The molecule has 0 aliphatic heterocycles. The summed E-state index contributed by atoms with van der Waals surface area (Å²) in [7, 11) is 5.34. The largest absolute Gasteiger partial charge is 0.494 e. The molecule has 0 aliphatic carbocycles. The number of anilines is 1. The number of rotatable bonds is 12. The van der Waals surface area contributed by atoms with Crippen molar-refractivity contribution in [3.05, 3.63) is 24.3 Å². The van der Waals surface area contributed by atoms with Crippen LogP contribution in [0.25, 0.3) is 0 Å². The van der Waals surface area contributed by atoms with E-state index in [1.807, 2.05) is 31.3 Å². The Bertz CT molecular complexity index is 577. The lowest BCUT2D eigenvalue weighted by Gasteiger charge is -2.24. The molecule has 26 heavy (non-hydrogen) atoms. The number of ether oxygens (including phenoxy) is 1. The number of nitrogens with one attached hydrogen (secondary N) is 1. The minimum atomic E-state index is 0.00633. The number of carbonyl (C=O) groups excluding carboxylic acids is 2. The highest BCUT2D eigenvalue weighted by molar-refractivity contribution is 8.76. The molecular weight excluding hydrogens is 368 g/mol. The van der Waals surface area contributed by atoms with Crippen molar-refractivity contribution in [2.45, 2.75) is 51.2 Å². The van der Waals surface area contributed by atoms with Crippen molar-refractivity contribution < 1.29 is 14.3 Å². The third kappa shape index (κ3) is 9.38. The maximum absolute atomic E-state index is 12.2. The molecule has 0 saturated carbocycles. The van der Waals surface area contributed by atoms with E-state index in [4.69, 9.17) is 4.74 Å². The fraction of sp³-hybridized carbons (Fsp3) is 0.579. The van der Waals surface area contributed by atoms with Crippen LogP contribution in [0.1, 0.15) is 46.5 Å². The first-order valence-corrected chi connectivity index (χ1v) is 11.3. The highest BCUT2D eigenvalue weighted by Gasteiger charge is 2.20. The minimum absolute atomic E-state index is 0.00633. The van der Waals surface area contributed by atoms with Gasteiger partial charge in [-0.25, -0.2) is 0 Å². The zero-order chi connectivity index (χ0) is 19.6. The summed E-state index contributed by atoms with van der Waals surface area (Å²) < 4.78 is 5.69. The quantitative estimate of drug-likeness (QED) is 0.318. The first-order chi connectivity index (χ1) is 12.2. The van der Waals surface area contributed by atoms with Gasteiger partial charge >= 0.3 is 0 Å². The second-order valence-corrected chi connectivity index (χ2v) is 9.86. The van der Waals surface area contributed by atoms with Gasteiger partial charge in [0.05, 0.1) is 12.3 Å². The monoisotopic (exact) mass is 398 g/mol. The van der Waals surface area contributed by atoms with Crippen molar-refractivity contribution in [2.75, 3.05) is 24.9 Å². The van der Waals surface area contributed by atoms with Crippen LogP contribution in [0, 0.1) is 0 Å². The van der Waals surface area contributed by atoms with Crippen LogP contribution < -0.4 is 15.2 Å². The van der Waals surface area contributed by atoms with E-state index in [0.29, 0.717) is 19.4 Å². The predicted octanol–water partition coefficient (Wildman–Crippen LogP) is 4.47. The Morgan fingerprint density at radius 1 is 1.19 bits per heavy atom. The molecular formula is C19H30N2O3S2.